The summed E-state index contributed by atoms with van der Waals surface area (Å²) in [6, 6.07) is 7.64. The van der Waals surface area contributed by atoms with Crippen molar-refractivity contribution >= 4 is 28.6 Å². The van der Waals surface area contributed by atoms with Gasteiger partial charge in [0.1, 0.15) is 11.5 Å². The van der Waals surface area contributed by atoms with Gasteiger partial charge in [-0.15, -0.1) is 0 Å². The SMILES string of the molecule is Cc1ccc2nc(Sc3nccc(C(=N)N)n3)[nH]c2c1. The average Bonchev–Trinajstić information content (AvgIpc) is 2.80. The van der Waals surface area contributed by atoms with Gasteiger partial charge in [0, 0.05) is 6.20 Å². The summed E-state index contributed by atoms with van der Waals surface area (Å²) in [5.74, 6) is -0.0746. The van der Waals surface area contributed by atoms with Crippen molar-refractivity contribution in [1.29, 1.82) is 5.41 Å². The summed E-state index contributed by atoms with van der Waals surface area (Å²) in [5.41, 5.74) is 8.88. The normalized spacial score (nSPS) is 10.8. The van der Waals surface area contributed by atoms with Crippen LogP contribution in [-0.4, -0.2) is 25.8 Å². The van der Waals surface area contributed by atoms with Gasteiger partial charge in [0.2, 0.25) is 0 Å². The lowest BCUT2D eigenvalue weighted by atomic mass is 10.2. The molecule has 2 heterocycles. The van der Waals surface area contributed by atoms with E-state index in [-0.39, 0.29) is 5.84 Å². The lowest BCUT2D eigenvalue weighted by Crippen LogP contribution is -2.13. The van der Waals surface area contributed by atoms with Crippen molar-refractivity contribution in [3.05, 3.63) is 41.7 Å². The molecule has 0 aliphatic rings. The fraction of sp³-hybridized carbons (Fsp3) is 0.0769. The Balaban J connectivity index is 1.92. The molecule has 0 fully saturated rings. The highest BCUT2D eigenvalue weighted by Gasteiger charge is 2.08. The number of rotatable bonds is 3. The van der Waals surface area contributed by atoms with Crippen molar-refractivity contribution in [1.82, 2.24) is 19.9 Å². The first-order chi connectivity index (χ1) is 9.61. The van der Waals surface area contributed by atoms with Crippen LogP contribution in [0.3, 0.4) is 0 Å². The number of aromatic nitrogens is 4. The first-order valence-corrected chi connectivity index (χ1v) is 6.75. The third-order valence-electron chi connectivity index (χ3n) is 2.71. The number of aryl methyl sites for hydroxylation is 1. The fourth-order valence-electron chi connectivity index (χ4n) is 1.77. The van der Waals surface area contributed by atoms with Crippen molar-refractivity contribution in [3.63, 3.8) is 0 Å². The van der Waals surface area contributed by atoms with Crippen molar-refractivity contribution in [2.45, 2.75) is 17.2 Å². The van der Waals surface area contributed by atoms with E-state index in [9.17, 15) is 0 Å². The number of nitrogens with two attached hydrogens (primary N) is 1. The molecule has 3 rings (SSSR count). The molecule has 0 atom stereocenters. The summed E-state index contributed by atoms with van der Waals surface area (Å²) in [5, 5.41) is 8.60. The lowest BCUT2D eigenvalue weighted by molar-refractivity contribution is 0.942. The van der Waals surface area contributed by atoms with Gasteiger partial charge in [-0.1, -0.05) is 6.07 Å². The second-order valence-corrected chi connectivity index (χ2v) is 5.26. The molecule has 0 bridgehead atoms. The van der Waals surface area contributed by atoms with Gasteiger partial charge in [0.05, 0.1) is 11.0 Å². The zero-order valence-electron chi connectivity index (χ0n) is 10.7. The highest BCUT2D eigenvalue weighted by molar-refractivity contribution is 7.99. The van der Waals surface area contributed by atoms with Gasteiger partial charge in [0.25, 0.3) is 0 Å². The van der Waals surface area contributed by atoms with Crippen molar-refractivity contribution in [2.24, 2.45) is 5.73 Å². The number of hydrogen-bond donors (Lipinski definition) is 3. The van der Waals surface area contributed by atoms with Crippen LogP contribution >= 0.6 is 11.8 Å². The van der Waals surface area contributed by atoms with Crippen molar-refractivity contribution in [3.8, 4) is 0 Å². The van der Waals surface area contributed by atoms with Gasteiger partial charge in [0.15, 0.2) is 10.3 Å². The highest BCUT2D eigenvalue weighted by atomic mass is 32.2. The van der Waals surface area contributed by atoms with Crippen LogP contribution in [0.2, 0.25) is 0 Å². The Morgan fingerprint density at radius 1 is 1.30 bits per heavy atom. The summed E-state index contributed by atoms with van der Waals surface area (Å²) in [6.07, 6.45) is 1.58. The van der Waals surface area contributed by atoms with E-state index in [4.69, 9.17) is 11.1 Å². The van der Waals surface area contributed by atoms with Gasteiger partial charge in [-0.05, 0) is 42.4 Å². The molecule has 7 heteroatoms. The third-order valence-corrected chi connectivity index (χ3v) is 3.48. The summed E-state index contributed by atoms with van der Waals surface area (Å²) < 4.78 is 0. The van der Waals surface area contributed by atoms with E-state index >= 15 is 0 Å². The molecule has 2 aromatic heterocycles. The van der Waals surface area contributed by atoms with Crippen LogP contribution in [0.15, 0.2) is 40.8 Å². The van der Waals surface area contributed by atoms with E-state index in [2.05, 4.69) is 19.9 Å². The van der Waals surface area contributed by atoms with Crippen molar-refractivity contribution in [2.75, 3.05) is 0 Å². The number of fused-ring (bicyclic) bond motifs is 1. The Bertz CT molecular complexity index is 794. The van der Waals surface area contributed by atoms with Crippen LogP contribution in [0, 0.1) is 12.3 Å². The van der Waals surface area contributed by atoms with Crippen LogP contribution in [-0.2, 0) is 0 Å². The molecule has 0 saturated carbocycles. The second kappa shape index (κ2) is 4.93. The monoisotopic (exact) mass is 284 g/mol. The molecule has 0 aliphatic heterocycles. The number of amidine groups is 1. The number of nitrogens with zero attached hydrogens (tertiary/aromatic N) is 3. The standard InChI is InChI=1S/C13H12N6S/c1-7-2-3-8-10(6-7)19-13(17-8)20-12-16-5-4-9(18-12)11(14)15/h2-6H,1H3,(H3,14,15)(H,17,19). The van der Waals surface area contributed by atoms with E-state index < -0.39 is 0 Å². The molecule has 0 aliphatic carbocycles. The maximum atomic E-state index is 7.38. The Kier molecular flexibility index (Phi) is 3.11. The van der Waals surface area contributed by atoms with Crippen LogP contribution in [0.5, 0.6) is 0 Å². The van der Waals surface area contributed by atoms with Gasteiger partial charge in [-0.3, -0.25) is 5.41 Å². The third kappa shape index (κ3) is 2.48. The summed E-state index contributed by atoms with van der Waals surface area (Å²) in [6.45, 7) is 2.03. The molecule has 0 radical (unpaired) electrons. The van der Waals surface area contributed by atoms with Crippen LogP contribution in [0.4, 0.5) is 0 Å². The molecule has 0 amide bonds. The molecule has 6 nitrogen and oxygen atoms in total. The Morgan fingerprint density at radius 2 is 2.15 bits per heavy atom. The quantitative estimate of drug-likeness (QED) is 0.388. The number of nitrogens with one attached hydrogen (secondary N) is 2. The minimum Gasteiger partial charge on any atom is -0.382 e. The molecule has 20 heavy (non-hydrogen) atoms. The summed E-state index contributed by atoms with van der Waals surface area (Å²) in [4.78, 5) is 16.0. The molecule has 0 spiro atoms. The molecular formula is C13H12N6S. The van der Waals surface area contributed by atoms with Gasteiger partial charge < -0.3 is 10.7 Å². The first kappa shape index (κ1) is 12.6. The Hall–Kier alpha value is -2.41. The molecule has 4 N–H and O–H groups in total. The van der Waals surface area contributed by atoms with E-state index in [1.165, 1.54) is 17.3 Å². The molecule has 0 saturated heterocycles. The molecular weight excluding hydrogens is 272 g/mol. The zero-order chi connectivity index (χ0) is 14.1. The summed E-state index contributed by atoms with van der Waals surface area (Å²) in [7, 11) is 0. The average molecular weight is 284 g/mol. The number of imidazole rings is 1. The predicted molar refractivity (Wildman–Crippen MR) is 78.0 cm³/mol. The number of H-pyrrole nitrogens is 1. The van der Waals surface area contributed by atoms with Crippen LogP contribution < -0.4 is 5.73 Å². The smallest absolute Gasteiger partial charge is 0.196 e. The topological polar surface area (TPSA) is 104 Å². The van der Waals surface area contributed by atoms with Gasteiger partial charge >= 0.3 is 0 Å². The molecule has 100 valence electrons. The zero-order valence-corrected chi connectivity index (χ0v) is 11.5. The maximum Gasteiger partial charge on any atom is 0.196 e. The predicted octanol–water partition coefficient (Wildman–Crippen LogP) is 2.10. The number of benzene rings is 1. The van der Waals surface area contributed by atoms with Gasteiger partial charge in [-0.2, -0.15) is 0 Å². The van der Waals surface area contributed by atoms with E-state index in [0.29, 0.717) is 16.0 Å². The molecule has 3 aromatic rings. The molecule has 0 unspecified atom stereocenters. The maximum absolute atomic E-state index is 7.38. The van der Waals surface area contributed by atoms with Crippen LogP contribution in [0.1, 0.15) is 11.3 Å². The Labute approximate surface area is 119 Å². The number of nitrogen functional groups attached to an aromatic ring is 1. The Morgan fingerprint density at radius 3 is 2.95 bits per heavy atom. The first-order valence-electron chi connectivity index (χ1n) is 5.93. The highest BCUT2D eigenvalue weighted by Crippen LogP contribution is 2.24. The fourth-order valence-corrected chi connectivity index (χ4v) is 2.51. The van der Waals surface area contributed by atoms with E-state index in [0.717, 1.165) is 11.0 Å². The summed E-state index contributed by atoms with van der Waals surface area (Å²) >= 11 is 1.31. The largest absolute Gasteiger partial charge is 0.382 e. The second-order valence-electron chi connectivity index (χ2n) is 4.30. The lowest BCUT2D eigenvalue weighted by Gasteiger charge is -1.99. The molecule has 1 aromatic carbocycles. The van der Waals surface area contributed by atoms with Gasteiger partial charge in [-0.25, -0.2) is 15.0 Å². The number of aromatic amines is 1. The number of hydrogen-bond acceptors (Lipinski definition) is 5. The van der Waals surface area contributed by atoms with E-state index in [1.807, 2.05) is 25.1 Å². The minimum atomic E-state index is -0.0746. The minimum absolute atomic E-state index is 0.0746. The van der Waals surface area contributed by atoms with E-state index in [1.54, 1.807) is 12.3 Å². The van der Waals surface area contributed by atoms with Crippen molar-refractivity contribution < 1.29 is 0 Å². The van der Waals surface area contributed by atoms with Crippen LogP contribution in [0.25, 0.3) is 11.0 Å².